The van der Waals surface area contributed by atoms with E-state index in [-0.39, 0.29) is 0 Å². The molecule has 2 aromatic rings. The lowest BCUT2D eigenvalue weighted by molar-refractivity contribution is 0.863. The molecule has 0 saturated carbocycles. The molecule has 0 atom stereocenters. The van der Waals surface area contributed by atoms with Crippen molar-refractivity contribution in [3.05, 3.63) is 64.1 Å². The first-order valence-electron chi connectivity index (χ1n) is 6.27. The summed E-state index contributed by atoms with van der Waals surface area (Å²) < 4.78 is 1.03. The molecule has 19 heavy (non-hydrogen) atoms. The molecule has 0 aromatic heterocycles. The standard InChI is InChI=1S/C16H17BrN2/c1-11(2)14-5-3-4-6-15(14)16(18)19-13-9-7-12(17)8-10-13/h3-11H,1-2H3,(H2,18,19). The fraction of sp³-hybridized carbons (Fsp3) is 0.188. The summed E-state index contributed by atoms with van der Waals surface area (Å²) in [5.74, 6) is 0.987. The Labute approximate surface area is 122 Å². The van der Waals surface area contributed by atoms with E-state index >= 15 is 0 Å². The van der Waals surface area contributed by atoms with E-state index in [0.717, 1.165) is 15.7 Å². The van der Waals surface area contributed by atoms with Crippen LogP contribution in [-0.4, -0.2) is 5.84 Å². The quantitative estimate of drug-likeness (QED) is 0.651. The lowest BCUT2D eigenvalue weighted by atomic mass is 9.97. The SMILES string of the molecule is CC(C)c1ccccc1C(N)=Nc1ccc(Br)cc1. The second-order valence-corrected chi connectivity index (χ2v) is 5.63. The predicted molar refractivity (Wildman–Crippen MR) is 85.1 cm³/mol. The topological polar surface area (TPSA) is 38.4 Å². The van der Waals surface area contributed by atoms with Crippen molar-refractivity contribution in [3.63, 3.8) is 0 Å². The van der Waals surface area contributed by atoms with Crippen molar-refractivity contribution in [2.45, 2.75) is 19.8 Å². The molecule has 0 aliphatic carbocycles. The van der Waals surface area contributed by atoms with Gasteiger partial charge in [0.2, 0.25) is 0 Å². The van der Waals surface area contributed by atoms with Crippen molar-refractivity contribution < 1.29 is 0 Å². The van der Waals surface area contributed by atoms with Gasteiger partial charge < -0.3 is 5.73 Å². The maximum Gasteiger partial charge on any atom is 0.131 e. The van der Waals surface area contributed by atoms with Gasteiger partial charge in [-0.15, -0.1) is 0 Å². The van der Waals surface area contributed by atoms with E-state index in [9.17, 15) is 0 Å². The molecule has 3 heteroatoms. The fourth-order valence-corrected chi connectivity index (χ4v) is 2.21. The second-order valence-electron chi connectivity index (χ2n) is 4.72. The van der Waals surface area contributed by atoms with Gasteiger partial charge >= 0.3 is 0 Å². The average Bonchev–Trinajstić information content (AvgIpc) is 2.41. The minimum atomic E-state index is 0.426. The summed E-state index contributed by atoms with van der Waals surface area (Å²) in [6.45, 7) is 4.32. The maximum atomic E-state index is 6.14. The summed E-state index contributed by atoms with van der Waals surface area (Å²) >= 11 is 3.41. The molecule has 0 fully saturated rings. The molecule has 2 rings (SSSR count). The number of aliphatic imine (C=N–C) groups is 1. The summed E-state index contributed by atoms with van der Waals surface area (Å²) in [5, 5.41) is 0. The van der Waals surface area contributed by atoms with Gasteiger partial charge in [-0.1, -0.05) is 54.0 Å². The Hall–Kier alpha value is -1.61. The van der Waals surface area contributed by atoms with Crippen molar-refractivity contribution in [1.29, 1.82) is 0 Å². The average molecular weight is 317 g/mol. The predicted octanol–water partition coefficient (Wildman–Crippen LogP) is 4.61. The smallest absolute Gasteiger partial charge is 0.131 e. The summed E-state index contributed by atoms with van der Waals surface area (Å²) in [5.41, 5.74) is 9.24. The first-order valence-corrected chi connectivity index (χ1v) is 7.06. The van der Waals surface area contributed by atoms with Gasteiger partial charge in [-0.3, -0.25) is 0 Å². The number of halogens is 1. The fourth-order valence-electron chi connectivity index (χ4n) is 1.95. The van der Waals surface area contributed by atoms with Crippen molar-refractivity contribution in [2.24, 2.45) is 10.7 Å². The van der Waals surface area contributed by atoms with Crippen molar-refractivity contribution in [3.8, 4) is 0 Å². The molecule has 0 aliphatic rings. The first-order chi connectivity index (χ1) is 9.08. The first kappa shape index (κ1) is 13.8. The molecular weight excluding hydrogens is 300 g/mol. The van der Waals surface area contributed by atoms with Crippen LogP contribution in [0.25, 0.3) is 0 Å². The van der Waals surface area contributed by atoms with Crippen LogP contribution in [0.2, 0.25) is 0 Å². The summed E-state index contributed by atoms with van der Waals surface area (Å²) in [6.07, 6.45) is 0. The normalized spacial score (nSPS) is 11.9. The molecule has 0 amide bonds. The van der Waals surface area contributed by atoms with E-state index in [1.54, 1.807) is 0 Å². The van der Waals surface area contributed by atoms with E-state index in [1.165, 1.54) is 5.56 Å². The Morgan fingerprint density at radius 1 is 1.05 bits per heavy atom. The number of amidine groups is 1. The molecule has 2 aromatic carbocycles. The largest absolute Gasteiger partial charge is 0.383 e. The molecule has 0 unspecified atom stereocenters. The Balaban J connectivity index is 2.38. The highest BCUT2D eigenvalue weighted by molar-refractivity contribution is 9.10. The van der Waals surface area contributed by atoms with Gasteiger partial charge in [0.1, 0.15) is 5.84 Å². The van der Waals surface area contributed by atoms with Crippen molar-refractivity contribution in [1.82, 2.24) is 0 Å². The number of benzene rings is 2. The molecule has 98 valence electrons. The zero-order valence-corrected chi connectivity index (χ0v) is 12.7. The monoisotopic (exact) mass is 316 g/mol. The number of hydrogen-bond donors (Lipinski definition) is 1. The molecule has 2 nitrogen and oxygen atoms in total. The van der Waals surface area contributed by atoms with Gasteiger partial charge in [-0.25, -0.2) is 4.99 Å². The van der Waals surface area contributed by atoms with E-state index in [4.69, 9.17) is 5.73 Å². The molecule has 2 N–H and O–H groups in total. The van der Waals surface area contributed by atoms with Gasteiger partial charge in [0.15, 0.2) is 0 Å². The lowest BCUT2D eigenvalue weighted by Crippen LogP contribution is -2.15. The van der Waals surface area contributed by atoms with Gasteiger partial charge in [0.25, 0.3) is 0 Å². The Kier molecular flexibility index (Phi) is 4.38. The lowest BCUT2D eigenvalue weighted by Gasteiger charge is -2.12. The van der Waals surface area contributed by atoms with Crippen molar-refractivity contribution >= 4 is 27.5 Å². The van der Waals surface area contributed by atoms with Gasteiger partial charge in [-0.2, -0.15) is 0 Å². The highest BCUT2D eigenvalue weighted by atomic mass is 79.9. The van der Waals surface area contributed by atoms with E-state index in [0.29, 0.717) is 11.8 Å². The third-order valence-electron chi connectivity index (χ3n) is 2.93. The van der Waals surface area contributed by atoms with Gasteiger partial charge in [0, 0.05) is 10.0 Å². The van der Waals surface area contributed by atoms with Crippen LogP contribution in [0.1, 0.15) is 30.9 Å². The zero-order valence-electron chi connectivity index (χ0n) is 11.1. The number of nitrogens with zero attached hydrogens (tertiary/aromatic N) is 1. The molecule has 0 heterocycles. The van der Waals surface area contributed by atoms with Gasteiger partial charge in [-0.05, 0) is 35.7 Å². The maximum absolute atomic E-state index is 6.14. The molecule has 0 saturated heterocycles. The van der Waals surface area contributed by atoms with E-state index in [2.05, 4.69) is 40.8 Å². The van der Waals surface area contributed by atoms with Crippen LogP contribution in [0.4, 0.5) is 5.69 Å². The Morgan fingerprint density at radius 3 is 2.32 bits per heavy atom. The van der Waals surface area contributed by atoms with E-state index in [1.807, 2.05) is 42.5 Å². The number of nitrogens with two attached hydrogens (primary N) is 1. The zero-order chi connectivity index (χ0) is 13.8. The van der Waals surface area contributed by atoms with Crippen LogP contribution in [-0.2, 0) is 0 Å². The van der Waals surface area contributed by atoms with Crippen LogP contribution in [0.15, 0.2) is 58.0 Å². The molecular formula is C16H17BrN2. The Bertz CT molecular complexity index is 586. The van der Waals surface area contributed by atoms with Crippen LogP contribution in [0.3, 0.4) is 0 Å². The van der Waals surface area contributed by atoms with Gasteiger partial charge in [0.05, 0.1) is 5.69 Å². The highest BCUT2D eigenvalue weighted by Crippen LogP contribution is 2.21. The van der Waals surface area contributed by atoms with Crippen molar-refractivity contribution in [2.75, 3.05) is 0 Å². The van der Waals surface area contributed by atoms with Crippen LogP contribution in [0, 0.1) is 0 Å². The Morgan fingerprint density at radius 2 is 1.68 bits per heavy atom. The van der Waals surface area contributed by atoms with Crippen LogP contribution < -0.4 is 5.73 Å². The third-order valence-corrected chi connectivity index (χ3v) is 3.46. The summed E-state index contributed by atoms with van der Waals surface area (Å²) in [4.78, 5) is 4.49. The van der Waals surface area contributed by atoms with E-state index < -0.39 is 0 Å². The molecule has 0 aliphatic heterocycles. The summed E-state index contributed by atoms with van der Waals surface area (Å²) in [7, 11) is 0. The highest BCUT2D eigenvalue weighted by Gasteiger charge is 2.08. The van der Waals surface area contributed by atoms with Crippen LogP contribution in [0.5, 0.6) is 0 Å². The third kappa shape index (κ3) is 3.44. The number of rotatable bonds is 3. The summed E-state index contributed by atoms with van der Waals surface area (Å²) in [6, 6.07) is 15.9. The molecule has 0 bridgehead atoms. The molecule has 0 radical (unpaired) electrons. The minimum absolute atomic E-state index is 0.426. The minimum Gasteiger partial charge on any atom is -0.383 e. The second kappa shape index (κ2) is 6.02. The molecule has 0 spiro atoms. The number of hydrogen-bond acceptors (Lipinski definition) is 1. The van der Waals surface area contributed by atoms with Crippen LogP contribution >= 0.6 is 15.9 Å².